The van der Waals surface area contributed by atoms with Gasteiger partial charge in [0.2, 0.25) is 11.1 Å². The molecule has 0 amide bonds. The van der Waals surface area contributed by atoms with Gasteiger partial charge in [-0.25, -0.2) is 13.9 Å². The number of benzene rings is 1. The summed E-state index contributed by atoms with van der Waals surface area (Å²) >= 11 is 5.57. The second-order valence-electron chi connectivity index (χ2n) is 3.81. The molecule has 1 heterocycles. The van der Waals surface area contributed by atoms with Gasteiger partial charge in [-0.2, -0.15) is 5.10 Å². The number of nitrogens with zero attached hydrogens (tertiary/aromatic N) is 2. The maximum absolute atomic E-state index is 13.4. The third-order valence-corrected chi connectivity index (χ3v) is 2.76. The number of aromatic nitrogens is 2. The van der Waals surface area contributed by atoms with Crippen LogP contribution in [-0.4, -0.2) is 20.9 Å². The normalized spacial score (nSPS) is 10.5. The predicted octanol–water partition coefficient (Wildman–Crippen LogP) is 2.03. The summed E-state index contributed by atoms with van der Waals surface area (Å²) in [6, 6.07) is 5.04. The summed E-state index contributed by atoms with van der Waals surface area (Å²) in [5, 5.41) is 12.5. The second-order valence-corrected chi connectivity index (χ2v) is 4.22. The van der Waals surface area contributed by atoms with Crippen molar-refractivity contribution in [2.45, 2.75) is 6.92 Å². The van der Waals surface area contributed by atoms with Crippen LogP contribution in [0.5, 0.6) is 0 Å². The van der Waals surface area contributed by atoms with Gasteiger partial charge in [-0.1, -0.05) is 11.6 Å². The van der Waals surface area contributed by atoms with Crippen molar-refractivity contribution in [3.8, 4) is 5.69 Å². The van der Waals surface area contributed by atoms with Crippen molar-refractivity contribution in [1.29, 1.82) is 0 Å². The largest absolute Gasteiger partial charge is 0.476 e. The molecule has 5 nitrogen and oxygen atoms in total. The first-order valence-corrected chi connectivity index (χ1v) is 5.57. The van der Waals surface area contributed by atoms with Gasteiger partial charge in [0.05, 0.1) is 10.7 Å². The average Bonchev–Trinajstić information content (AvgIpc) is 2.32. The Kier molecular flexibility index (Phi) is 3.35. The Labute approximate surface area is 111 Å². The quantitative estimate of drug-likeness (QED) is 0.915. The smallest absolute Gasteiger partial charge is 0.360 e. The van der Waals surface area contributed by atoms with Gasteiger partial charge in [0.1, 0.15) is 5.82 Å². The lowest BCUT2D eigenvalue weighted by Gasteiger charge is -2.10. The summed E-state index contributed by atoms with van der Waals surface area (Å²) in [5.74, 6) is -2.09. The number of carboxylic acid groups (broad SMARTS) is 1. The third-order valence-electron chi connectivity index (χ3n) is 2.46. The maximum Gasteiger partial charge on any atom is 0.360 e. The van der Waals surface area contributed by atoms with Gasteiger partial charge in [-0.05, 0) is 19.1 Å². The Balaban J connectivity index is 2.68. The van der Waals surface area contributed by atoms with E-state index in [9.17, 15) is 14.0 Å². The van der Waals surface area contributed by atoms with Crippen molar-refractivity contribution < 1.29 is 14.3 Å². The molecule has 0 unspecified atom stereocenters. The monoisotopic (exact) mass is 282 g/mol. The SMILES string of the molecule is Cc1cc(=O)c(C(=O)O)nn1-c1ccc(Cl)c(F)c1. The minimum atomic E-state index is -1.44. The van der Waals surface area contributed by atoms with E-state index in [4.69, 9.17) is 16.7 Å². The van der Waals surface area contributed by atoms with Gasteiger partial charge >= 0.3 is 5.97 Å². The molecule has 0 aliphatic carbocycles. The van der Waals surface area contributed by atoms with Gasteiger partial charge in [0, 0.05) is 17.8 Å². The van der Waals surface area contributed by atoms with Gasteiger partial charge in [-0.3, -0.25) is 4.79 Å². The van der Waals surface area contributed by atoms with Crippen LogP contribution in [0.4, 0.5) is 4.39 Å². The second kappa shape index (κ2) is 4.81. The zero-order valence-electron chi connectivity index (χ0n) is 9.72. The van der Waals surface area contributed by atoms with Crippen LogP contribution in [0.25, 0.3) is 5.69 Å². The summed E-state index contributed by atoms with van der Waals surface area (Å²) in [4.78, 5) is 22.3. The number of rotatable bonds is 2. The first-order chi connectivity index (χ1) is 8.90. The Morgan fingerprint density at radius 3 is 2.68 bits per heavy atom. The fourth-order valence-corrected chi connectivity index (χ4v) is 1.69. The van der Waals surface area contributed by atoms with Gasteiger partial charge in [-0.15, -0.1) is 0 Å². The van der Waals surface area contributed by atoms with Crippen LogP contribution in [0.15, 0.2) is 29.1 Å². The molecule has 2 aromatic rings. The summed E-state index contributed by atoms with van der Waals surface area (Å²) in [6.07, 6.45) is 0. The molecule has 0 aliphatic heterocycles. The highest BCUT2D eigenvalue weighted by molar-refractivity contribution is 6.30. The Morgan fingerprint density at radius 1 is 1.42 bits per heavy atom. The van der Waals surface area contributed by atoms with Crippen LogP contribution in [-0.2, 0) is 0 Å². The molecule has 7 heteroatoms. The van der Waals surface area contributed by atoms with Crippen molar-refractivity contribution in [2.24, 2.45) is 0 Å². The lowest BCUT2D eigenvalue weighted by atomic mass is 10.2. The molecule has 2 rings (SSSR count). The summed E-state index contributed by atoms with van der Waals surface area (Å²) < 4.78 is 14.6. The molecule has 19 heavy (non-hydrogen) atoms. The first-order valence-electron chi connectivity index (χ1n) is 5.20. The van der Waals surface area contributed by atoms with E-state index < -0.39 is 22.9 Å². The zero-order chi connectivity index (χ0) is 14.2. The minimum Gasteiger partial charge on any atom is -0.476 e. The molecule has 0 aliphatic rings. The standard InChI is InChI=1S/C12H8ClFN2O3/c1-6-4-10(17)11(12(18)19)15-16(6)7-2-3-8(13)9(14)5-7/h2-5H,1H3,(H,18,19). The van der Waals surface area contributed by atoms with Gasteiger partial charge < -0.3 is 5.11 Å². The number of halogens is 2. The molecule has 1 aromatic carbocycles. The van der Waals surface area contributed by atoms with Gasteiger partial charge in [0.15, 0.2) is 0 Å². The highest BCUT2D eigenvalue weighted by Gasteiger charge is 2.14. The molecule has 0 radical (unpaired) electrons. The van der Waals surface area contributed by atoms with Crippen LogP contribution in [0.3, 0.4) is 0 Å². The molecule has 0 bridgehead atoms. The maximum atomic E-state index is 13.4. The fraction of sp³-hybridized carbons (Fsp3) is 0.0833. The highest BCUT2D eigenvalue weighted by Crippen LogP contribution is 2.18. The molecule has 0 saturated carbocycles. The molecular weight excluding hydrogens is 275 g/mol. The van der Waals surface area contributed by atoms with Crippen molar-refractivity contribution in [3.63, 3.8) is 0 Å². The van der Waals surface area contributed by atoms with Crippen LogP contribution < -0.4 is 5.43 Å². The van der Waals surface area contributed by atoms with Crippen molar-refractivity contribution in [1.82, 2.24) is 9.78 Å². The number of hydrogen-bond acceptors (Lipinski definition) is 3. The van der Waals surface area contributed by atoms with E-state index >= 15 is 0 Å². The van der Waals surface area contributed by atoms with E-state index in [0.717, 1.165) is 12.1 Å². The van der Waals surface area contributed by atoms with E-state index in [2.05, 4.69) is 5.10 Å². The molecule has 0 fully saturated rings. The van der Waals surface area contributed by atoms with Crippen LogP contribution >= 0.6 is 11.6 Å². The van der Waals surface area contributed by atoms with E-state index in [-0.39, 0.29) is 10.7 Å². The molecular formula is C12H8ClFN2O3. The van der Waals surface area contributed by atoms with E-state index in [1.807, 2.05) is 0 Å². The Bertz CT molecular complexity index is 727. The molecule has 98 valence electrons. The number of aryl methyl sites for hydroxylation is 1. The predicted molar refractivity (Wildman–Crippen MR) is 66.5 cm³/mol. The van der Waals surface area contributed by atoms with Crippen LogP contribution in [0, 0.1) is 12.7 Å². The topological polar surface area (TPSA) is 72.2 Å². The number of carboxylic acids is 1. The van der Waals surface area contributed by atoms with Gasteiger partial charge in [0.25, 0.3) is 0 Å². The highest BCUT2D eigenvalue weighted by atomic mass is 35.5. The molecule has 0 saturated heterocycles. The first kappa shape index (κ1) is 13.2. The Hall–Kier alpha value is -2.21. The number of hydrogen-bond donors (Lipinski definition) is 1. The number of carbonyl (C=O) groups is 1. The minimum absolute atomic E-state index is 0.0547. The van der Waals surface area contributed by atoms with Crippen LogP contribution in [0.1, 0.15) is 16.2 Å². The summed E-state index contributed by atoms with van der Waals surface area (Å²) in [6.45, 7) is 1.56. The van der Waals surface area contributed by atoms with Crippen molar-refractivity contribution in [2.75, 3.05) is 0 Å². The zero-order valence-corrected chi connectivity index (χ0v) is 10.5. The molecule has 1 aromatic heterocycles. The van der Waals surface area contributed by atoms with E-state index in [1.165, 1.54) is 16.8 Å². The Morgan fingerprint density at radius 2 is 2.11 bits per heavy atom. The fourth-order valence-electron chi connectivity index (χ4n) is 1.57. The van der Waals surface area contributed by atoms with E-state index in [0.29, 0.717) is 5.69 Å². The summed E-state index contributed by atoms with van der Waals surface area (Å²) in [5.41, 5.74) is -0.657. The molecule has 0 spiro atoms. The summed E-state index contributed by atoms with van der Waals surface area (Å²) in [7, 11) is 0. The lowest BCUT2D eigenvalue weighted by molar-refractivity contribution is 0.0686. The molecule has 0 atom stereocenters. The van der Waals surface area contributed by atoms with Crippen LogP contribution in [0.2, 0.25) is 5.02 Å². The van der Waals surface area contributed by atoms with Crippen molar-refractivity contribution in [3.05, 3.63) is 56.7 Å². The van der Waals surface area contributed by atoms with Crippen molar-refractivity contribution >= 4 is 17.6 Å². The third kappa shape index (κ3) is 2.48. The molecule has 1 N–H and O–H groups in total. The average molecular weight is 283 g/mol. The number of aromatic carboxylic acids is 1. The lowest BCUT2D eigenvalue weighted by Crippen LogP contribution is -2.22. The van der Waals surface area contributed by atoms with E-state index in [1.54, 1.807) is 6.92 Å².